The number of pyridine rings is 1. The number of fused-ring (bicyclic) bond motifs is 3. The fourth-order valence-electron chi connectivity index (χ4n) is 3.63. The summed E-state index contributed by atoms with van der Waals surface area (Å²) in [5.74, 6) is 0.848. The summed E-state index contributed by atoms with van der Waals surface area (Å²) in [6, 6.07) is 10.1. The third-order valence-electron chi connectivity index (χ3n) is 6.87. The molecule has 2 atom stereocenters. The van der Waals surface area contributed by atoms with E-state index in [0.29, 0.717) is 16.6 Å². The molecule has 0 aliphatic heterocycles. The third kappa shape index (κ3) is 4.13. The average molecular weight is 485 g/mol. The second-order valence-corrected chi connectivity index (χ2v) is 16.8. The van der Waals surface area contributed by atoms with Gasteiger partial charge in [-0.15, -0.1) is 0 Å². The van der Waals surface area contributed by atoms with Crippen LogP contribution in [0.5, 0.6) is 0 Å². The summed E-state index contributed by atoms with van der Waals surface area (Å²) < 4.78 is 34.1. The van der Waals surface area contributed by atoms with E-state index in [9.17, 15) is 8.42 Å². The molecule has 0 bridgehead atoms. The SMILES string of the molecule is CC(O[Si](C)(C)C(C)(C)C)C(C)c1nc2c(cnc3c2ccn3S(=O)(=O)c2ccccc2)[nH]1. The van der Waals surface area contributed by atoms with Crippen molar-refractivity contribution >= 4 is 40.4 Å². The Bertz CT molecular complexity index is 1400. The topological polar surface area (TPSA) is 89.9 Å². The summed E-state index contributed by atoms with van der Waals surface area (Å²) in [5, 5.41) is 0.817. The Labute approximate surface area is 196 Å². The molecule has 4 rings (SSSR count). The van der Waals surface area contributed by atoms with E-state index >= 15 is 0 Å². The van der Waals surface area contributed by atoms with Crippen molar-refractivity contribution in [2.45, 2.75) is 69.7 Å². The van der Waals surface area contributed by atoms with E-state index in [1.165, 1.54) is 3.97 Å². The van der Waals surface area contributed by atoms with Gasteiger partial charge in [0.15, 0.2) is 14.0 Å². The number of aromatic nitrogens is 4. The molecule has 1 aromatic carbocycles. The zero-order valence-corrected chi connectivity index (χ0v) is 22.1. The zero-order chi connectivity index (χ0) is 24.2. The van der Waals surface area contributed by atoms with Crippen LogP contribution in [0.1, 0.15) is 46.4 Å². The maximum atomic E-state index is 13.1. The first-order valence-electron chi connectivity index (χ1n) is 11.2. The number of nitrogens with one attached hydrogen (secondary N) is 1. The van der Waals surface area contributed by atoms with Crippen molar-refractivity contribution in [1.82, 2.24) is 18.9 Å². The van der Waals surface area contributed by atoms with E-state index in [-0.39, 0.29) is 22.0 Å². The number of H-pyrrole nitrogens is 1. The van der Waals surface area contributed by atoms with Crippen molar-refractivity contribution in [3.8, 4) is 0 Å². The van der Waals surface area contributed by atoms with Crippen LogP contribution in [0, 0.1) is 0 Å². The summed E-state index contributed by atoms with van der Waals surface area (Å²) in [5.41, 5.74) is 1.85. The highest BCUT2D eigenvalue weighted by Gasteiger charge is 2.39. The molecule has 2 unspecified atom stereocenters. The standard InChI is InChI=1S/C24H32N4O3SSi/c1-16(17(2)31-33(6,7)24(3,4)5)22-26-20-15-25-23-19(21(20)27-22)13-14-28(23)32(29,30)18-11-9-8-10-12-18/h8-17H,1-7H3,(H,26,27). The van der Waals surface area contributed by atoms with Crippen LogP contribution in [-0.4, -0.2) is 41.8 Å². The van der Waals surface area contributed by atoms with Crippen molar-refractivity contribution < 1.29 is 12.8 Å². The van der Waals surface area contributed by atoms with Crippen molar-refractivity contribution in [3.05, 3.63) is 54.6 Å². The van der Waals surface area contributed by atoms with Gasteiger partial charge in [-0.25, -0.2) is 22.4 Å². The fourth-order valence-corrected chi connectivity index (χ4v) is 6.44. The molecule has 3 heterocycles. The van der Waals surface area contributed by atoms with E-state index in [4.69, 9.17) is 9.41 Å². The molecular formula is C24H32N4O3SSi. The van der Waals surface area contributed by atoms with Gasteiger partial charge in [0.05, 0.1) is 22.7 Å². The van der Waals surface area contributed by atoms with Gasteiger partial charge < -0.3 is 9.41 Å². The normalized spacial score (nSPS) is 15.2. The molecule has 0 fully saturated rings. The van der Waals surface area contributed by atoms with Crippen molar-refractivity contribution in [3.63, 3.8) is 0 Å². The lowest BCUT2D eigenvalue weighted by Gasteiger charge is -2.39. The molecule has 0 aliphatic rings. The summed E-state index contributed by atoms with van der Waals surface area (Å²) in [6.07, 6.45) is 3.18. The van der Waals surface area contributed by atoms with Crippen LogP contribution in [0.25, 0.3) is 22.1 Å². The minimum Gasteiger partial charge on any atom is -0.413 e. The monoisotopic (exact) mass is 484 g/mol. The van der Waals surface area contributed by atoms with Gasteiger partial charge >= 0.3 is 0 Å². The first-order chi connectivity index (χ1) is 15.3. The highest BCUT2D eigenvalue weighted by atomic mass is 32.2. The molecule has 33 heavy (non-hydrogen) atoms. The number of rotatable bonds is 6. The van der Waals surface area contributed by atoms with Gasteiger partial charge in [0, 0.05) is 17.5 Å². The van der Waals surface area contributed by atoms with E-state index in [0.717, 1.165) is 11.3 Å². The van der Waals surface area contributed by atoms with Gasteiger partial charge in [-0.1, -0.05) is 45.9 Å². The predicted molar refractivity (Wildman–Crippen MR) is 135 cm³/mol. The molecule has 0 radical (unpaired) electrons. The molecular weight excluding hydrogens is 452 g/mol. The lowest BCUT2D eigenvalue weighted by Crippen LogP contribution is -2.44. The molecule has 0 amide bonds. The van der Waals surface area contributed by atoms with Crippen molar-refractivity contribution in [2.24, 2.45) is 0 Å². The van der Waals surface area contributed by atoms with Crippen LogP contribution in [0.4, 0.5) is 0 Å². The molecule has 1 N–H and O–H groups in total. The van der Waals surface area contributed by atoms with Crippen LogP contribution in [0.3, 0.4) is 0 Å². The first-order valence-corrected chi connectivity index (χ1v) is 15.5. The number of nitrogens with zero attached hydrogens (tertiary/aromatic N) is 3. The molecule has 4 aromatic rings. The molecule has 9 heteroatoms. The van der Waals surface area contributed by atoms with E-state index < -0.39 is 18.3 Å². The Morgan fingerprint density at radius 3 is 2.39 bits per heavy atom. The lowest BCUT2D eigenvalue weighted by molar-refractivity contribution is 0.172. The van der Waals surface area contributed by atoms with E-state index in [2.05, 4.69) is 57.7 Å². The number of benzene rings is 1. The van der Waals surface area contributed by atoms with Crippen LogP contribution >= 0.6 is 0 Å². The number of imidazole rings is 1. The lowest BCUT2D eigenvalue weighted by atomic mass is 10.1. The minimum atomic E-state index is -3.75. The van der Waals surface area contributed by atoms with E-state index in [1.54, 1.807) is 48.8 Å². The average Bonchev–Trinajstić information content (AvgIpc) is 3.36. The van der Waals surface area contributed by atoms with Gasteiger partial charge in [-0.05, 0) is 43.3 Å². The van der Waals surface area contributed by atoms with Crippen LogP contribution < -0.4 is 0 Å². The van der Waals surface area contributed by atoms with Gasteiger partial charge in [0.2, 0.25) is 0 Å². The maximum Gasteiger partial charge on any atom is 0.269 e. The summed E-state index contributed by atoms with van der Waals surface area (Å²) >= 11 is 0. The Balaban J connectivity index is 1.71. The molecule has 176 valence electrons. The molecule has 0 spiro atoms. The smallest absolute Gasteiger partial charge is 0.269 e. The maximum absolute atomic E-state index is 13.1. The van der Waals surface area contributed by atoms with E-state index in [1.807, 2.05) is 0 Å². The molecule has 7 nitrogen and oxygen atoms in total. The molecule has 0 aliphatic carbocycles. The largest absolute Gasteiger partial charge is 0.413 e. The highest BCUT2D eigenvalue weighted by Crippen LogP contribution is 2.39. The third-order valence-corrected chi connectivity index (χ3v) is 13.1. The summed E-state index contributed by atoms with van der Waals surface area (Å²) in [6.45, 7) is 15.4. The molecule has 3 aromatic heterocycles. The Morgan fingerprint density at radius 2 is 1.76 bits per heavy atom. The van der Waals surface area contributed by atoms with Gasteiger partial charge in [-0.3, -0.25) is 0 Å². The van der Waals surface area contributed by atoms with Gasteiger partial charge in [-0.2, -0.15) is 0 Å². The van der Waals surface area contributed by atoms with Gasteiger partial charge in [0.25, 0.3) is 10.0 Å². The van der Waals surface area contributed by atoms with Crippen molar-refractivity contribution in [1.29, 1.82) is 0 Å². The number of hydrogen-bond acceptors (Lipinski definition) is 5. The minimum absolute atomic E-state index is 0.0158. The Kier molecular flexibility index (Phi) is 5.79. The Hall–Kier alpha value is -2.49. The van der Waals surface area contributed by atoms with Gasteiger partial charge in [0.1, 0.15) is 11.3 Å². The second kappa shape index (κ2) is 8.07. The summed E-state index contributed by atoms with van der Waals surface area (Å²) in [4.78, 5) is 12.9. The van der Waals surface area contributed by atoms with Crippen LogP contribution in [0.15, 0.2) is 53.7 Å². The van der Waals surface area contributed by atoms with Crippen LogP contribution in [0.2, 0.25) is 18.1 Å². The summed E-state index contributed by atoms with van der Waals surface area (Å²) in [7, 11) is -5.67. The van der Waals surface area contributed by atoms with Crippen LogP contribution in [-0.2, 0) is 14.4 Å². The quantitative estimate of drug-likeness (QED) is 0.357. The fraction of sp³-hybridized carbons (Fsp3) is 0.417. The highest BCUT2D eigenvalue weighted by molar-refractivity contribution is 7.90. The number of aromatic amines is 1. The van der Waals surface area contributed by atoms with Crippen molar-refractivity contribution in [2.75, 3.05) is 0 Å². The molecule has 0 saturated heterocycles. The Morgan fingerprint density at radius 1 is 1.09 bits per heavy atom. The zero-order valence-electron chi connectivity index (χ0n) is 20.2. The number of hydrogen-bond donors (Lipinski definition) is 1. The second-order valence-electron chi connectivity index (χ2n) is 10.2. The first kappa shape index (κ1) is 23.7. The molecule has 0 saturated carbocycles. The predicted octanol–water partition coefficient (Wildman–Crippen LogP) is 5.66.